The van der Waals surface area contributed by atoms with Gasteiger partial charge in [0.25, 0.3) is 0 Å². The van der Waals surface area contributed by atoms with Crippen LogP contribution in [0.25, 0.3) is 0 Å². The fraction of sp³-hybridized carbons (Fsp3) is 0.778. The van der Waals surface area contributed by atoms with Gasteiger partial charge in [-0.2, -0.15) is 0 Å². The summed E-state index contributed by atoms with van der Waals surface area (Å²) >= 11 is 0. The molecule has 0 N–H and O–H groups in total. The molecule has 0 radical (unpaired) electrons. The van der Waals surface area contributed by atoms with Crippen molar-refractivity contribution >= 4 is 40.3 Å². The van der Waals surface area contributed by atoms with Gasteiger partial charge >= 0.3 is 38.2 Å². The molecule has 2 atom stereocenters. The van der Waals surface area contributed by atoms with Gasteiger partial charge < -0.3 is 17.7 Å². The first-order valence-electron chi connectivity index (χ1n) is 9.12. The Kier molecular flexibility index (Phi) is 17.7. The molecule has 0 saturated carbocycles. The normalized spacial score (nSPS) is 13.3. The molecule has 0 fully saturated rings. The summed E-state index contributed by atoms with van der Waals surface area (Å²) in [5, 5.41) is 0. The molecule has 0 bridgehead atoms. The quantitative estimate of drug-likeness (QED) is 0.239. The number of hydrogen-bond acceptors (Lipinski definition) is 8. The van der Waals surface area contributed by atoms with Crippen molar-refractivity contribution in [2.24, 2.45) is 0 Å². The maximum Gasteiger partial charge on any atom is 2.00 e. The third-order valence-corrected chi connectivity index (χ3v) is 11.6. The van der Waals surface area contributed by atoms with Crippen LogP contribution in [-0.2, 0) is 57.9 Å². The van der Waals surface area contributed by atoms with Crippen LogP contribution in [0.5, 0.6) is 0 Å². The molecule has 2 unspecified atom stereocenters. The Bertz CT molecular complexity index is 500. The predicted molar refractivity (Wildman–Crippen MR) is 111 cm³/mol. The van der Waals surface area contributed by atoms with Crippen LogP contribution in [0, 0.1) is 0 Å². The molecule has 0 heterocycles. The van der Waals surface area contributed by atoms with Gasteiger partial charge in [-0.25, -0.2) is 0 Å². The third-order valence-electron chi connectivity index (χ3n) is 4.82. The van der Waals surface area contributed by atoms with Gasteiger partial charge in [0.1, 0.15) is 34.2 Å². The number of carbonyl (C=O) groups excluding carboxylic acids is 4. The summed E-state index contributed by atoms with van der Waals surface area (Å²) in [7, 11) is 0.577. The van der Waals surface area contributed by atoms with E-state index in [0.29, 0.717) is 12.8 Å². The van der Waals surface area contributed by atoms with Crippen LogP contribution in [0.4, 0.5) is 0 Å². The summed E-state index contributed by atoms with van der Waals surface area (Å²) in [5.74, 6) is -0.546. The number of ketones is 4. The van der Waals surface area contributed by atoms with Gasteiger partial charge in [-0.3, -0.25) is 19.2 Å². The number of Topliss-reactive ketones (excluding diaryl/α,β-unsaturated/α-hetero) is 4. The minimum absolute atomic E-state index is 0. The topological polar surface area (TPSA) is 105 Å². The van der Waals surface area contributed by atoms with Crippen molar-refractivity contribution in [3.8, 4) is 0 Å². The second kappa shape index (κ2) is 15.4. The fourth-order valence-electron chi connectivity index (χ4n) is 2.82. The van der Waals surface area contributed by atoms with E-state index < -0.39 is 28.2 Å². The van der Waals surface area contributed by atoms with Crippen LogP contribution in [0.15, 0.2) is 0 Å². The second-order valence-corrected chi connectivity index (χ2v) is 13.4. The molecule has 0 aromatic rings. The minimum atomic E-state index is -2.67. The summed E-state index contributed by atoms with van der Waals surface area (Å²) < 4.78 is 20.8. The molecule has 0 spiro atoms. The number of hydrogen-bond donors (Lipinski definition) is 0. The summed E-state index contributed by atoms with van der Waals surface area (Å²) in [6, 6.07) is 0. The van der Waals surface area contributed by atoms with Gasteiger partial charge in [0.15, 0.2) is 0 Å². The van der Waals surface area contributed by atoms with Crippen molar-refractivity contribution in [1.82, 2.24) is 0 Å². The van der Waals surface area contributed by atoms with Crippen molar-refractivity contribution in [1.29, 1.82) is 0 Å². The first-order valence-corrected chi connectivity index (χ1v) is 13.9. The van der Waals surface area contributed by atoms with E-state index >= 15 is 0 Å². The van der Waals surface area contributed by atoms with E-state index in [1.54, 1.807) is 26.9 Å². The van der Waals surface area contributed by atoms with Crippen LogP contribution in [0.3, 0.4) is 0 Å². The predicted octanol–water partition coefficient (Wildman–Crippen LogP) is 2.58. The molecule has 172 valence electrons. The van der Waals surface area contributed by atoms with E-state index in [0.717, 1.165) is 0 Å². The van der Waals surface area contributed by atoms with Crippen molar-refractivity contribution < 1.29 is 57.9 Å². The van der Waals surface area contributed by atoms with E-state index in [9.17, 15) is 19.2 Å². The Hall–Kier alpha value is -0.358. The van der Waals surface area contributed by atoms with E-state index in [1.165, 1.54) is 42.3 Å². The van der Waals surface area contributed by atoms with E-state index in [1.807, 2.05) is 0 Å². The Balaban J connectivity index is -0.000000451. The maximum atomic E-state index is 11.6. The molecule has 0 saturated heterocycles. The smallest absolute Gasteiger partial charge is 0.397 e. The van der Waals surface area contributed by atoms with Gasteiger partial charge in [0.05, 0.1) is 0 Å². The monoisotopic (exact) mass is 631 g/mol. The van der Waals surface area contributed by atoms with Crippen LogP contribution in [-0.4, -0.2) is 68.7 Å². The summed E-state index contributed by atoms with van der Waals surface area (Å²) in [5.41, 5.74) is -1.41. The van der Waals surface area contributed by atoms with E-state index in [-0.39, 0.29) is 44.2 Å². The zero-order valence-electron chi connectivity index (χ0n) is 19.2. The van der Waals surface area contributed by atoms with Gasteiger partial charge in [0, 0.05) is 41.3 Å². The molecule has 0 amide bonds. The van der Waals surface area contributed by atoms with E-state index in [4.69, 9.17) is 17.7 Å². The van der Waals surface area contributed by atoms with Crippen molar-refractivity contribution in [2.75, 3.05) is 28.4 Å². The molecule has 0 aromatic carbocycles. The molecule has 11 heteroatoms. The molecule has 0 aromatic heterocycles. The van der Waals surface area contributed by atoms with Crippen LogP contribution >= 0.6 is 0 Å². The number of carbonyl (C=O) groups is 4. The molecule has 0 aliphatic heterocycles. The standard InChI is InChI=1S/2C9H18O4Si.Pt/c2*1-6-8(11)9(7(2)10)14(5,12-3)13-4;/h2*9H,6H2,1-5H3;/q;;+2. The Morgan fingerprint density at radius 1 is 0.655 bits per heavy atom. The average molecular weight is 632 g/mol. The Labute approximate surface area is 191 Å². The van der Waals surface area contributed by atoms with Crippen molar-refractivity contribution in [3.63, 3.8) is 0 Å². The molecule has 8 nitrogen and oxygen atoms in total. The average Bonchev–Trinajstić information content (AvgIpc) is 2.67. The molecular weight excluding hydrogens is 595 g/mol. The molecule has 29 heavy (non-hydrogen) atoms. The third kappa shape index (κ3) is 9.54. The zero-order chi connectivity index (χ0) is 22.7. The SMILES string of the molecule is CCC(=O)C(C(C)=O)[Si](C)(OC)OC.CCC(=O)C(C(C)=O)[Si](C)(OC)OC.[Pt+2]. The largest absolute Gasteiger partial charge is 2.00 e. The Morgan fingerprint density at radius 2 is 0.862 bits per heavy atom. The van der Waals surface area contributed by atoms with Gasteiger partial charge in [0.2, 0.25) is 0 Å². The summed E-state index contributed by atoms with van der Waals surface area (Å²) in [6.45, 7) is 9.74. The van der Waals surface area contributed by atoms with Crippen LogP contribution in [0.1, 0.15) is 40.5 Å². The molecule has 0 aliphatic carbocycles. The Morgan fingerprint density at radius 3 is 0.966 bits per heavy atom. The second-order valence-electron chi connectivity index (χ2n) is 6.58. The zero-order valence-corrected chi connectivity index (χ0v) is 23.4. The molecule has 0 rings (SSSR count). The van der Waals surface area contributed by atoms with Crippen LogP contribution < -0.4 is 0 Å². The first-order chi connectivity index (χ1) is 12.8. The first kappa shape index (κ1) is 33.3. The minimum Gasteiger partial charge on any atom is -0.397 e. The van der Waals surface area contributed by atoms with Gasteiger partial charge in [-0.1, -0.05) is 13.8 Å². The van der Waals surface area contributed by atoms with Gasteiger partial charge in [-0.05, 0) is 26.9 Å². The number of rotatable bonds is 12. The summed E-state index contributed by atoms with van der Waals surface area (Å²) in [4.78, 5) is 45.9. The molecular formula is C18H36O8PtSi2+2. The fourth-order valence-corrected chi connectivity index (χ4v) is 7.15. The van der Waals surface area contributed by atoms with E-state index in [2.05, 4.69) is 0 Å². The van der Waals surface area contributed by atoms with Crippen molar-refractivity contribution in [3.05, 3.63) is 0 Å². The van der Waals surface area contributed by atoms with Crippen LogP contribution in [0.2, 0.25) is 24.2 Å². The summed E-state index contributed by atoms with van der Waals surface area (Å²) in [6.07, 6.45) is 0.666. The maximum absolute atomic E-state index is 11.6. The van der Waals surface area contributed by atoms with Gasteiger partial charge in [-0.15, -0.1) is 0 Å². The van der Waals surface area contributed by atoms with Crippen molar-refractivity contribution in [2.45, 2.75) is 64.7 Å². The molecule has 0 aliphatic rings.